The zero-order valence-electron chi connectivity index (χ0n) is 18.0. The van der Waals surface area contributed by atoms with Gasteiger partial charge >= 0.3 is 0 Å². The lowest BCUT2D eigenvalue weighted by molar-refractivity contribution is -0.117. The first-order chi connectivity index (χ1) is 14.3. The SMILES string of the molecule is Cc1cc(/C=C(\C#N)C(=O)Nc2ccc(NC(=O)C3CC3)cc2)c(C)n1CC(C)C. The zero-order chi connectivity index (χ0) is 21.8. The number of nitrogens with one attached hydrogen (secondary N) is 2. The molecule has 6 nitrogen and oxygen atoms in total. The largest absolute Gasteiger partial charge is 0.348 e. The molecule has 0 bridgehead atoms. The number of nitrogens with zero attached hydrogens (tertiary/aromatic N) is 2. The number of amides is 2. The number of benzene rings is 1. The Morgan fingerprint density at radius 1 is 1.17 bits per heavy atom. The summed E-state index contributed by atoms with van der Waals surface area (Å²) in [7, 11) is 0. The molecule has 1 aromatic heterocycles. The van der Waals surface area contributed by atoms with E-state index in [1.807, 2.05) is 26.0 Å². The van der Waals surface area contributed by atoms with Gasteiger partial charge in [0.1, 0.15) is 11.6 Å². The Balaban J connectivity index is 1.70. The average Bonchev–Trinajstić information content (AvgIpc) is 3.51. The lowest BCUT2D eigenvalue weighted by Crippen LogP contribution is -2.14. The van der Waals surface area contributed by atoms with Gasteiger partial charge in [-0.25, -0.2) is 0 Å². The summed E-state index contributed by atoms with van der Waals surface area (Å²) < 4.78 is 2.21. The van der Waals surface area contributed by atoms with Crippen molar-refractivity contribution in [3.05, 3.63) is 52.9 Å². The van der Waals surface area contributed by atoms with E-state index in [0.717, 1.165) is 36.3 Å². The lowest BCUT2D eigenvalue weighted by Gasteiger charge is -2.12. The number of nitriles is 1. The Morgan fingerprint density at radius 3 is 2.30 bits per heavy atom. The highest BCUT2D eigenvalue weighted by atomic mass is 16.2. The third-order valence-corrected chi connectivity index (χ3v) is 5.18. The van der Waals surface area contributed by atoms with Crippen molar-refractivity contribution in [2.75, 3.05) is 10.6 Å². The highest BCUT2D eigenvalue weighted by Crippen LogP contribution is 2.30. The van der Waals surface area contributed by atoms with Gasteiger partial charge in [0.2, 0.25) is 5.91 Å². The van der Waals surface area contributed by atoms with Gasteiger partial charge in [-0.15, -0.1) is 0 Å². The Morgan fingerprint density at radius 2 is 1.77 bits per heavy atom. The minimum Gasteiger partial charge on any atom is -0.348 e. The summed E-state index contributed by atoms with van der Waals surface area (Å²) in [4.78, 5) is 24.4. The minimum absolute atomic E-state index is 0.0385. The van der Waals surface area contributed by atoms with Crippen molar-refractivity contribution < 1.29 is 9.59 Å². The second-order valence-corrected chi connectivity index (χ2v) is 8.30. The molecule has 2 aromatic rings. The highest BCUT2D eigenvalue weighted by Gasteiger charge is 2.29. The molecule has 1 aliphatic carbocycles. The standard InChI is InChI=1S/C24H28N4O2/c1-15(2)14-28-16(3)11-19(17(28)4)12-20(13-25)24(30)27-22-9-7-21(8-10-22)26-23(29)18-5-6-18/h7-12,15,18H,5-6,14H2,1-4H3,(H,26,29)(H,27,30)/b20-12+. The molecule has 1 aliphatic rings. The van der Waals surface area contributed by atoms with Gasteiger partial charge in [0.15, 0.2) is 0 Å². The van der Waals surface area contributed by atoms with Crippen LogP contribution in [-0.4, -0.2) is 16.4 Å². The van der Waals surface area contributed by atoms with Crippen LogP contribution in [0, 0.1) is 37.0 Å². The fourth-order valence-electron chi connectivity index (χ4n) is 3.35. The number of carbonyl (C=O) groups is 2. The molecule has 3 rings (SSSR count). The van der Waals surface area contributed by atoms with Crippen LogP contribution in [0.2, 0.25) is 0 Å². The minimum atomic E-state index is -0.457. The maximum Gasteiger partial charge on any atom is 0.266 e. The second-order valence-electron chi connectivity index (χ2n) is 8.30. The highest BCUT2D eigenvalue weighted by molar-refractivity contribution is 6.09. The first kappa shape index (κ1) is 21.4. The van der Waals surface area contributed by atoms with Crippen LogP contribution in [0.1, 0.15) is 43.6 Å². The molecule has 0 saturated heterocycles. The summed E-state index contributed by atoms with van der Waals surface area (Å²) in [5.41, 5.74) is 4.32. The van der Waals surface area contributed by atoms with E-state index in [-0.39, 0.29) is 17.4 Å². The molecule has 0 aliphatic heterocycles. The maximum absolute atomic E-state index is 12.6. The third-order valence-electron chi connectivity index (χ3n) is 5.18. The average molecular weight is 405 g/mol. The van der Waals surface area contributed by atoms with Crippen molar-refractivity contribution in [2.24, 2.45) is 11.8 Å². The topological polar surface area (TPSA) is 86.9 Å². The van der Waals surface area contributed by atoms with E-state index >= 15 is 0 Å². The van der Waals surface area contributed by atoms with Gasteiger partial charge in [0.05, 0.1) is 0 Å². The van der Waals surface area contributed by atoms with Crippen LogP contribution in [-0.2, 0) is 16.1 Å². The van der Waals surface area contributed by atoms with Crippen LogP contribution in [0.3, 0.4) is 0 Å². The van der Waals surface area contributed by atoms with Crippen LogP contribution in [0.25, 0.3) is 6.08 Å². The molecule has 2 N–H and O–H groups in total. The van der Waals surface area contributed by atoms with Crippen molar-refractivity contribution in [1.82, 2.24) is 4.57 Å². The maximum atomic E-state index is 12.6. The number of carbonyl (C=O) groups excluding carboxylic acids is 2. The predicted octanol–water partition coefficient (Wildman–Crippen LogP) is 4.66. The summed E-state index contributed by atoms with van der Waals surface area (Å²) in [6.07, 6.45) is 3.53. The summed E-state index contributed by atoms with van der Waals surface area (Å²) in [6, 6.07) is 10.9. The number of aryl methyl sites for hydroxylation is 1. The molecule has 1 fully saturated rings. The van der Waals surface area contributed by atoms with Crippen molar-refractivity contribution in [3.8, 4) is 6.07 Å². The zero-order valence-corrected chi connectivity index (χ0v) is 18.0. The molecule has 1 aromatic carbocycles. The van der Waals surface area contributed by atoms with Crippen molar-refractivity contribution in [2.45, 2.75) is 47.1 Å². The van der Waals surface area contributed by atoms with Gasteiger partial charge in [-0.2, -0.15) is 5.26 Å². The van der Waals surface area contributed by atoms with Crippen LogP contribution < -0.4 is 10.6 Å². The third kappa shape index (κ3) is 5.18. The van der Waals surface area contributed by atoms with E-state index in [2.05, 4.69) is 29.0 Å². The summed E-state index contributed by atoms with van der Waals surface area (Å²) >= 11 is 0. The fraction of sp³-hybridized carbons (Fsp3) is 0.375. The monoisotopic (exact) mass is 404 g/mol. The molecule has 6 heteroatoms. The Hall–Kier alpha value is -3.33. The van der Waals surface area contributed by atoms with Crippen LogP contribution >= 0.6 is 0 Å². The Kier molecular flexibility index (Phi) is 6.41. The number of hydrogen-bond donors (Lipinski definition) is 2. The van der Waals surface area contributed by atoms with E-state index in [1.165, 1.54) is 0 Å². The number of aromatic nitrogens is 1. The Labute approximate surface area is 177 Å². The molecule has 30 heavy (non-hydrogen) atoms. The number of rotatable bonds is 7. The van der Waals surface area contributed by atoms with Gasteiger partial charge in [0.25, 0.3) is 5.91 Å². The molecule has 156 valence electrons. The molecular weight excluding hydrogens is 376 g/mol. The summed E-state index contributed by atoms with van der Waals surface area (Å²) in [5, 5.41) is 15.1. The van der Waals surface area contributed by atoms with E-state index in [1.54, 1.807) is 30.3 Å². The molecule has 0 atom stereocenters. The number of anilines is 2. The normalized spacial score (nSPS) is 13.8. The molecule has 0 unspecified atom stereocenters. The van der Waals surface area contributed by atoms with Crippen LogP contribution in [0.15, 0.2) is 35.9 Å². The van der Waals surface area contributed by atoms with E-state index < -0.39 is 5.91 Å². The van der Waals surface area contributed by atoms with E-state index in [0.29, 0.717) is 17.3 Å². The molecule has 2 amide bonds. The summed E-state index contributed by atoms with van der Waals surface area (Å²) in [6.45, 7) is 9.24. The fourth-order valence-corrected chi connectivity index (χ4v) is 3.35. The predicted molar refractivity (Wildman–Crippen MR) is 119 cm³/mol. The van der Waals surface area contributed by atoms with Gasteiger partial charge in [-0.3, -0.25) is 9.59 Å². The van der Waals surface area contributed by atoms with Gasteiger partial charge in [-0.1, -0.05) is 13.8 Å². The van der Waals surface area contributed by atoms with Gasteiger partial charge < -0.3 is 15.2 Å². The van der Waals surface area contributed by atoms with Gasteiger partial charge in [-0.05, 0) is 74.6 Å². The molecule has 1 heterocycles. The smallest absolute Gasteiger partial charge is 0.266 e. The van der Waals surface area contributed by atoms with E-state index in [9.17, 15) is 14.9 Å². The van der Waals surface area contributed by atoms with Crippen LogP contribution in [0.5, 0.6) is 0 Å². The molecule has 0 spiro atoms. The molecule has 1 saturated carbocycles. The quantitative estimate of drug-likeness (QED) is 0.520. The Bertz CT molecular complexity index is 1020. The lowest BCUT2D eigenvalue weighted by atomic mass is 10.1. The van der Waals surface area contributed by atoms with Crippen molar-refractivity contribution in [1.29, 1.82) is 5.26 Å². The van der Waals surface area contributed by atoms with E-state index in [4.69, 9.17) is 0 Å². The second kappa shape index (κ2) is 9.00. The summed E-state index contributed by atoms with van der Waals surface area (Å²) in [5.74, 6) is 0.218. The molecule has 0 radical (unpaired) electrons. The van der Waals surface area contributed by atoms with Crippen molar-refractivity contribution in [3.63, 3.8) is 0 Å². The van der Waals surface area contributed by atoms with Gasteiger partial charge in [0, 0.05) is 35.2 Å². The first-order valence-electron chi connectivity index (χ1n) is 10.3. The molecular formula is C24H28N4O2. The van der Waals surface area contributed by atoms with Crippen LogP contribution in [0.4, 0.5) is 11.4 Å². The first-order valence-corrected chi connectivity index (χ1v) is 10.3. The van der Waals surface area contributed by atoms with Crippen molar-refractivity contribution >= 4 is 29.3 Å². The number of hydrogen-bond acceptors (Lipinski definition) is 3.